The zero-order chi connectivity index (χ0) is 11.7. The number of imidazole rings is 1. The molecular formula is C13H11N3O. The highest BCUT2D eigenvalue weighted by atomic mass is 16.5. The number of fused-ring (bicyclic) bond motifs is 1. The summed E-state index contributed by atoms with van der Waals surface area (Å²) in [5.74, 6) is 1.43. The van der Waals surface area contributed by atoms with Gasteiger partial charge in [-0.3, -0.25) is 4.40 Å². The number of nitrogens with zero attached hydrogens (tertiary/aromatic N) is 2. The highest BCUT2D eigenvalue weighted by Crippen LogP contribution is 2.23. The first-order valence-corrected chi connectivity index (χ1v) is 5.28. The van der Waals surface area contributed by atoms with Crippen LogP contribution in [0.5, 0.6) is 11.6 Å². The molecule has 0 saturated carbocycles. The van der Waals surface area contributed by atoms with E-state index < -0.39 is 0 Å². The molecule has 3 rings (SSSR count). The van der Waals surface area contributed by atoms with Crippen molar-refractivity contribution in [2.24, 2.45) is 0 Å². The van der Waals surface area contributed by atoms with Gasteiger partial charge in [-0.1, -0.05) is 12.1 Å². The van der Waals surface area contributed by atoms with Gasteiger partial charge in [0.25, 0.3) is 0 Å². The molecule has 2 aromatic heterocycles. The SMILES string of the molecule is Nc1cccc(Oc2cccc3nccn23)c1. The second-order valence-electron chi connectivity index (χ2n) is 3.69. The second-order valence-corrected chi connectivity index (χ2v) is 3.69. The predicted molar refractivity (Wildman–Crippen MR) is 66.1 cm³/mol. The van der Waals surface area contributed by atoms with E-state index in [1.165, 1.54) is 0 Å². The Morgan fingerprint density at radius 3 is 2.88 bits per heavy atom. The summed E-state index contributed by atoms with van der Waals surface area (Å²) in [5, 5.41) is 0. The fourth-order valence-corrected chi connectivity index (χ4v) is 1.70. The lowest BCUT2D eigenvalue weighted by molar-refractivity contribution is 0.456. The lowest BCUT2D eigenvalue weighted by atomic mass is 10.3. The Hall–Kier alpha value is -2.49. The van der Waals surface area contributed by atoms with Gasteiger partial charge in [0.15, 0.2) is 0 Å². The highest BCUT2D eigenvalue weighted by molar-refractivity contribution is 5.46. The average Bonchev–Trinajstić information content (AvgIpc) is 2.78. The number of benzene rings is 1. The van der Waals surface area contributed by atoms with Crippen molar-refractivity contribution in [3.63, 3.8) is 0 Å². The molecule has 0 aliphatic carbocycles. The second kappa shape index (κ2) is 3.83. The number of anilines is 1. The van der Waals surface area contributed by atoms with Crippen LogP contribution in [0.3, 0.4) is 0 Å². The summed E-state index contributed by atoms with van der Waals surface area (Å²) in [6.45, 7) is 0. The highest BCUT2D eigenvalue weighted by Gasteiger charge is 2.02. The van der Waals surface area contributed by atoms with Gasteiger partial charge in [-0.2, -0.15) is 0 Å². The van der Waals surface area contributed by atoms with Crippen molar-refractivity contribution in [1.82, 2.24) is 9.38 Å². The van der Waals surface area contributed by atoms with Crippen LogP contribution in [-0.2, 0) is 0 Å². The smallest absolute Gasteiger partial charge is 0.205 e. The summed E-state index contributed by atoms with van der Waals surface area (Å²) in [4.78, 5) is 4.20. The summed E-state index contributed by atoms with van der Waals surface area (Å²) >= 11 is 0. The zero-order valence-corrected chi connectivity index (χ0v) is 9.08. The summed E-state index contributed by atoms with van der Waals surface area (Å²) < 4.78 is 7.65. The Labute approximate surface area is 98.3 Å². The van der Waals surface area contributed by atoms with E-state index in [0.29, 0.717) is 17.3 Å². The van der Waals surface area contributed by atoms with E-state index in [1.54, 1.807) is 12.3 Å². The summed E-state index contributed by atoms with van der Waals surface area (Å²) in [5.41, 5.74) is 7.24. The number of aromatic nitrogens is 2. The van der Waals surface area contributed by atoms with Gasteiger partial charge in [0.1, 0.15) is 11.4 Å². The van der Waals surface area contributed by atoms with Crippen molar-refractivity contribution in [2.45, 2.75) is 0 Å². The summed E-state index contributed by atoms with van der Waals surface area (Å²) in [6.07, 6.45) is 3.60. The maximum Gasteiger partial charge on any atom is 0.205 e. The van der Waals surface area contributed by atoms with E-state index in [2.05, 4.69) is 4.98 Å². The first-order chi connectivity index (χ1) is 8.33. The lowest BCUT2D eigenvalue weighted by Gasteiger charge is -2.08. The van der Waals surface area contributed by atoms with Crippen LogP contribution < -0.4 is 10.5 Å². The van der Waals surface area contributed by atoms with Crippen molar-refractivity contribution in [1.29, 1.82) is 0 Å². The predicted octanol–water partition coefficient (Wildman–Crippen LogP) is 2.71. The van der Waals surface area contributed by atoms with E-state index in [1.807, 2.05) is 47.0 Å². The molecule has 17 heavy (non-hydrogen) atoms. The standard InChI is InChI=1S/C13H11N3O/c14-10-3-1-4-11(9-10)17-13-6-2-5-12-15-7-8-16(12)13/h1-9H,14H2. The fourth-order valence-electron chi connectivity index (χ4n) is 1.70. The zero-order valence-electron chi connectivity index (χ0n) is 9.08. The Morgan fingerprint density at radius 1 is 1.12 bits per heavy atom. The van der Waals surface area contributed by atoms with E-state index in [9.17, 15) is 0 Å². The summed E-state index contributed by atoms with van der Waals surface area (Å²) in [6, 6.07) is 13.1. The number of nitrogens with two attached hydrogens (primary N) is 1. The Bertz CT molecular complexity index is 660. The van der Waals surface area contributed by atoms with E-state index >= 15 is 0 Å². The number of rotatable bonds is 2. The van der Waals surface area contributed by atoms with Crippen LogP contribution in [0.1, 0.15) is 0 Å². The molecule has 4 heteroatoms. The molecule has 2 N–H and O–H groups in total. The van der Waals surface area contributed by atoms with Crippen molar-refractivity contribution in [3.8, 4) is 11.6 Å². The molecule has 0 aliphatic heterocycles. The molecule has 0 atom stereocenters. The summed E-state index contributed by atoms with van der Waals surface area (Å²) in [7, 11) is 0. The Morgan fingerprint density at radius 2 is 2.00 bits per heavy atom. The molecule has 4 nitrogen and oxygen atoms in total. The molecule has 1 aromatic carbocycles. The van der Waals surface area contributed by atoms with E-state index in [-0.39, 0.29) is 0 Å². The van der Waals surface area contributed by atoms with Crippen LogP contribution in [0.4, 0.5) is 5.69 Å². The van der Waals surface area contributed by atoms with Crippen LogP contribution in [0, 0.1) is 0 Å². The van der Waals surface area contributed by atoms with E-state index in [4.69, 9.17) is 10.5 Å². The molecule has 0 spiro atoms. The van der Waals surface area contributed by atoms with Crippen LogP contribution in [0.15, 0.2) is 54.9 Å². The molecule has 84 valence electrons. The lowest BCUT2D eigenvalue weighted by Crippen LogP contribution is -1.93. The molecule has 0 unspecified atom stereocenters. The molecule has 0 radical (unpaired) electrons. The van der Waals surface area contributed by atoms with Crippen LogP contribution in [0.25, 0.3) is 5.65 Å². The van der Waals surface area contributed by atoms with Gasteiger partial charge in [-0.05, 0) is 24.3 Å². The first kappa shape index (κ1) is 9.72. The number of ether oxygens (including phenoxy) is 1. The van der Waals surface area contributed by atoms with Crippen molar-refractivity contribution < 1.29 is 4.74 Å². The first-order valence-electron chi connectivity index (χ1n) is 5.28. The van der Waals surface area contributed by atoms with Gasteiger partial charge in [0, 0.05) is 24.1 Å². The number of nitrogen functional groups attached to an aromatic ring is 1. The normalized spacial score (nSPS) is 10.6. The molecule has 0 bridgehead atoms. The molecule has 3 aromatic rings. The largest absolute Gasteiger partial charge is 0.440 e. The fraction of sp³-hybridized carbons (Fsp3) is 0. The third-order valence-electron chi connectivity index (χ3n) is 2.47. The van der Waals surface area contributed by atoms with Gasteiger partial charge < -0.3 is 10.5 Å². The minimum atomic E-state index is 0.681. The number of hydrogen-bond acceptors (Lipinski definition) is 3. The van der Waals surface area contributed by atoms with Crippen molar-refractivity contribution >= 4 is 11.3 Å². The minimum absolute atomic E-state index is 0.681. The Kier molecular flexibility index (Phi) is 2.19. The van der Waals surface area contributed by atoms with E-state index in [0.717, 1.165) is 5.65 Å². The van der Waals surface area contributed by atoms with Crippen LogP contribution in [-0.4, -0.2) is 9.38 Å². The number of pyridine rings is 1. The monoisotopic (exact) mass is 225 g/mol. The van der Waals surface area contributed by atoms with Gasteiger partial charge in [0.05, 0.1) is 0 Å². The van der Waals surface area contributed by atoms with Crippen molar-refractivity contribution in [3.05, 3.63) is 54.9 Å². The van der Waals surface area contributed by atoms with Crippen LogP contribution in [0.2, 0.25) is 0 Å². The molecular weight excluding hydrogens is 214 g/mol. The number of hydrogen-bond donors (Lipinski definition) is 1. The third kappa shape index (κ3) is 1.80. The topological polar surface area (TPSA) is 52.5 Å². The molecule has 0 saturated heterocycles. The molecule has 2 heterocycles. The molecule has 0 aliphatic rings. The molecule has 0 amide bonds. The average molecular weight is 225 g/mol. The van der Waals surface area contributed by atoms with Crippen molar-refractivity contribution in [2.75, 3.05) is 5.73 Å². The molecule has 0 fully saturated rings. The van der Waals surface area contributed by atoms with Crippen LogP contribution >= 0.6 is 0 Å². The Balaban J connectivity index is 2.02. The van der Waals surface area contributed by atoms with Gasteiger partial charge in [-0.15, -0.1) is 0 Å². The quantitative estimate of drug-likeness (QED) is 0.682. The van der Waals surface area contributed by atoms with Gasteiger partial charge in [-0.25, -0.2) is 4.98 Å². The van der Waals surface area contributed by atoms with Gasteiger partial charge >= 0.3 is 0 Å². The maximum absolute atomic E-state index is 5.77. The maximum atomic E-state index is 5.77. The van der Waals surface area contributed by atoms with Gasteiger partial charge in [0.2, 0.25) is 5.88 Å². The minimum Gasteiger partial charge on any atom is -0.440 e. The third-order valence-corrected chi connectivity index (χ3v) is 2.47.